The highest BCUT2D eigenvalue weighted by molar-refractivity contribution is 7.16. The maximum Gasteiger partial charge on any atom is 0.257 e. The number of carbonyl (C=O) groups excluding carboxylic acids is 1. The number of rotatable bonds is 4. The smallest absolute Gasteiger partial charge is 0.257 e. The van der Waals surface area contributed by atoms with Crippen molar-refractivity contribution in [2.45, 2.75) is 0 Å². The SMILES string of the molecule is O=C(Nc1nnc(/C=C/c2ccco2)s1)c1ccc2nc[nH]c2c1. The average Bonchev–Trinajstić information content (AvgIpc) is 3.33. The van der Waals surface area contributed by atoms with Gasteiger partial charge in [-0.1, -0.05) is 11.3 Å². The molecule has 0 unspecified atom stereocenters. The number of fused-ring (bicyclic) bond motifs is 1. The van der Waals surface area contributed by atoms with Crippen molar-refractivity contribution >= 4 is 45.6 Å². The van der Waals surface area contributed by atoms with Gasteiger partial charge in [-0.3, -0.25) is 10.1 Å². The summed E-state index contributed by atoms with van der Waals surface area (Å²) >= 11 is 1.28. The number of amides is 1. The van der Waals surface area contributed by atoms with E-state index < -0.39 is 0 Å². The van der Waals surface area contributed by atoms with Crippen LogP contribution in [-0.4, -0.2) is 26.1 Å². The van der Waals surface area contributed by atoms with Crippen molar-refractivity contribution in [3.05, 3.63) is 59.3 Å². The van der Waals surface area contributed by atoms with Crippen LogP contribution in [0.25, 0.3) is 23.2 Å². The third kappa shape index (κ3) is 2.95. The van der Waals surface area contributed by atoms with E-state index in [1.54, 1.807) is 42.9 Å². The Labute approximate surface area is 140 Å². The van der Waals surface area contributed by atoms with Gasteiger partial charge in [0.25, 0.3) is 5.91 Å². The molecule has 118 valence electrons. The molecule has 0 fully saturated rings. The quantitative estimate of drug-likeness (QED) is 0.594. The standard InChI is InChI=1S/C16H11N5O2S/c22-15(10-3-5-12-13(8-10)18-9-17-12)19-16-21-20-14(24-16)6-4-11-2-1-7-23-11/h1-9H,(H,17,18)(H,19,21,22)/b6-4+. The average molecular weight is 337 g/mol. The fraction of sp³-hybridized carbons (Fsp3) is 0. The lowest BCUT2D eigenvalue weighted by Gasteiger charge is -2.00. The molecule has 2 N–H and O–H groups in total. The molecular formula is C16H11N5O2S. The predicted octanol–water partition coefficient (Wildman–Crippen LogP) is 3.43. The number of hydrogen-bond donors (Lipinski definition) is 2. The topological polar surface area (TPSA) is 96.7 Å². The first kappa shape index (κ1) is 14.3. The van der Waals surface area contributed by atoms with Crippen LogP contribution < -0.4 is 5.32 Å². The number of H-pyrrole nitrogens is 1. The van der Waals surface area contributed by atoms with Crippen molar-refractivity contribution in [3.8, 4) is 0 Å². The molecule has 0 spiro atoms. The van der Waals surface area contributed by atoms with E-state index in [1.165, 1.54) is 11.3 Å². The third-order valence-corrected chi connectivity index (χ3v) is 4.08. The Hall–Kier alpha value is -3.26. The van der Waals surface area contributed by atoms with E-state index in [-0.39, 0.29) is 5.91 Å². The predicted molar refractivity (Wildman–Crippen MR) is 91.6 cm³/mol. The van der Waals surface area contributed by atoms with Crippen LogP contribution in [0.5, 0.6) is 0 Å². The maximum absolute atomic E-state index is 12.3. The molecule has 4 aromatic rings. The van der Waals surface area contributed by atoms with Crippen LogP contribution in [0.3, 0.4) is 0 Å². The van der Waals surface area contributed by atoms with Crippen molar-refractivity contribution < 1.29 is 9.21 Å². The van der Waals surface area contributed by atoms with E-state index in [2.05, 4.69) is 25.5 Å². The third-order valence-electron chi connectivity index (χ3n) is 3.28. The van der Waals surface area contributed by atoms with Crippen molar-refractivity contribution in [2.75, 3.05) is 5.32 Å². The Bertz CT molecular complexity index is 1020. The van der Waals surface area contributed by atoms with Crippen molar-refractivity contribution in [1.82, 2.24) is 20.2 Å². The first-order chi connectivity index (χ1) is 11.8. The van der Waals surface area contributed by atoms with Gasteiger partial charge < -0.3 is 9.40 Å². The van der Waals surface area contributed by atoms with Crippen LogP contribution in [0.2, 0.25) is 0 Å². The second kappa shape index (κ2) is 6.09. The van der Waals surface area contributed by atoms with E-state index in [0.717, 1.165) is 16.8 Å². The van der Waals surface area contributed by atoms with Gasteiger partial charge in [-0.2, -0.15) is 0 Å². The molecule has 1 amide bonds. The minimum Gasteiger partial charge on any atom is -0.465 e. The fourth-order valence-corrected chi connectivity index (χ4v) is 2.78. The molecular weight excluding hydrogens is 326 g/mol. The highest BCUT2D eigenvalue weighted by atomic mass is 32.1. The van der Waals surface area contributed by atoms with Crippen LogP contribution in [0, 0.1) is 0 Å². The molecule has 8 heteroatoms. The monoisotopic (exact) mass is 337 g/mol. The summed E-state index contributed by atoms with van der Waals surface area (Å²) in [7, 11) is 0. The number of nitrogens with one attached hydrogen (secondary N) is 2. The molecule has 0 aliphatic rings. The number of anilines is 1. The zero-order valence-corrected chi connectivity index (χ0v) is 13.1. The number of carbonyl (C=O) groups is 1. The number of imidazole rings is 1. The van der Waals surface area contributed by atoms with Crippen molar-refractivity contribution in [3.63, 3.8) is 0 Å². The summed E-state index contributed by atoms with van der Waals surface area (Å²) in [4.78, 5) is 19.4. The van der Waals surface area contributed by atoms with Crippen LogP contribution in [-0.2, 0) is 0 Å². The summed E-state index contributed by atoms with van der Waals surface area (Å²) in [5.74, 6) is 0.479. The van der Waals surface area contributed by atoms with Gasteiger partial charge in [-0.05, 0) is 42.5 Å². The summed E-state index contributed by atoms with van der Waals surface area (Å²) in [5, 5.41) is 11.8. The van der Waals surface area contributed by atoms with Gasteiger partial charge in [0.1, 0.15) is 10.8 Å². The number of aromatic amines is 1. The molecule has 24 heavy (non-hydrogen) atoms. The lowest BCUT2D eigenvalue weighted by Crippen LogP contribution is -2.11. The number of furan rings is 1. The summed E-state index contributed by atoms with van der Waals surface area (Å²) in [5.41, 5.74) is 2.14. The van der Waals surface area contributed by atoms with Crippen LogP contribution >= 0.6 is 11.3 Å². The van der Waals surface area contributed by atoms with Crippen molar-refractivity contribution in [2.24, 2.45) is 0 Å². The van der Waals surface area contributed by atoms with Crippen LogP contribution in [0.4, 0.5) is 5.13 Å². The number of benzene rings is 1. The number of aromatic nitrogens is 4. The fourth-order valence-electron chi connectivity index (χ4n) is 2.14. The van der Waals surface area contributed by atoms with Gasteiger partial charge in [0.05, 0.1) is 23.6 Å². The zero-order chi connectivity index (χ0) is 16.4. The molecule has 3 aromatic heterocycles. The highest BCUT2D eigenvalue weighted by Crippen LogP contribution is 2.19. The molecule has 0 aliphatic heterocycles. The molecule has 0 aliphatic carbocycles. The Morgan fingerprint density at radius 3 is 3.08 bits per heavy atom. The molecule has 0 radical (unpaired) electrons. The molecule has 7 nitrogen and oxygen atoms in total. The van der Waals surface area contributed by atoms with Gasteiger partial charge in [-0.25, -0.2) is 4.98 Å². The van der Waals surface area contributed by atoms with Gasteiger partial charge in [0.15, 0.2) is 0 Å². The van der Waals surface area contributed by atoms with Crippen LogP contribution in [0.1, 0.15) is 21.1 Å². The Morgan fingerprint density at radius 2 is 2.21 bits per heavy atom. The molecule has 0 saturated heterocycles. The Balaban J connectivity index is 1.47. The van der Waals surface area contributed by atoms with Crippen molar-refractivity contribution in [1.29, 1.82) is 0 Å². The first-order valence-electron chi connectivity index (χ1n) is 7.07. The van der Waals surface area contributed by atoms with E-state index >= 15 is 0 Å². The summed E-state index contributed by atoms with van der Waals surface area (Å²) < 4.78 is 5.20. The van der Waals surface area contributed by atoms with E-state index in [9.17, 15) is 4.79 Å². The minimum atomic E-state index is -0.246. The van der Waals surface area contributed by atoms with Gasteiger partial charge in [-0.15, -0.1) is 10.2 Å². The lowest BCUT2D eigenvalue weighted by molar-refractivity contribution is 0.102. The Morgan fingerprint density at radius 1 is 1.25 bits per heavy atom. The molecule has 3 heterocycles. The van der Waals surface area contributed by atoms with E-state index in [0.29, 0.717) is 15.7 Å². The molecule has 1 aromatic carbocycles. The first-order valence-corrected chi connectivity index (χ1v) is 7.89. The molecule has 4 rings (SSSR count). The summed E-state index contributed by atoms with van der Waals surface area (Å²) in [6.45, 7) is 0. The van der Waals surface area contributed by atoms with Gasteiger partial charge in [0.2, 0.25) is 5.13 Å². The van der Waals surface area contributed by atoms with E-state index in [1.807, 2.05) is 12.1 Å². The summed E-state index contributed by atoms with van der Waals surface area (Å²) in [6.07, 6.45) is 6.76. The molecule has 0 atom stereocenters. The largest absolute Gasteiger partial charge is 0.465 e. The molecule has 0 bridgehead atoms. The summed E-state index contributed by atoms with van der Waals surface area (Å²) in [6, 6.07) is 8.90. The highest BCUT2D eigenvalue weighted by Gasteiger charge is 2.10. The second-order valence-corrected chi connectivity index (χ2v) is 5.89. The Kier molecular flexibility index (Phi) is 3.64. The molecule has 0 saturated carbocycles. The normalized spacial score (nSPS) is 11.3. The number of hydrogen-bond acceptors (Lipinski definition) is 6. The van der Waals surface area contributed by atoms with Gasteiger partial charge >= 0.3 is 0 Å². The minimum absolute atomic E-state index is 0.246. The maximum atomic E-state index is 12.3. The second-order valence-electron chi connectivity index (χ2n) is 4.88. The van der Waals surface area contributed by atoms with E-state index in [4.69, 9.17) is 4.42 Å². The number of nitrogens with zero attached hydrogens (tertiary/aromatic N) is 3. The zero-order valence-electron chi connectivity index (χ0n) is 12.3. The van der Waals surface area contributed by atoms with Crippen LogP contribution in [0.15, 0.2) is 47.3 Å². The van der Waals surface area contributed by atoms with Gasteiger partial charge in [0, 0.05) is 5.56 Å². The lowest BCUT2D eigenvalue weighted by atomic mass is 10.2.